The zero-order valence-electron chi connectivity index (χ0n) is 28.3. The Bertz CT molecular complexity index is 1810. The van der Waals surface area contributed by atoms with Crippen molar-refractivity contribution in [2.75, 3.05) is 20.6 Å². The molecule has 5 aromatic rings. The Morgan fingerprint density at radius 2 is 1.72 bits per heavy atom. The average molecular weight is 622 g/mol. The molecule has 0 amide bonds. The molecule has 46 heavy (non-hydrogen) atoms. The van der Waals surface area contributed by atoms with Crippen LogP contribution in [-0.2, 0) is 25.9 Å². The number of imidazole rings is 2. The van der Waals surface area contributed by atoms with Crippen molar-refractivity contribution in [3.8, 4) is 28.3 Å². The molecule has 1 N–H and O–H groups in total. The van der Waals surface area contributed by atoms with Crippen molar-refractivity contribution >= 4 is 17.2 Å². The van der Waals surface area contributed by atoms with Crippen molar-refractivity contribution in [1.29, 1.82) is 0 Å². The number of aryl methyl sites for hydroxylation is 2. The van der Waals surface area contributed by atoms with Gasteiger partial charge in [0.2, 0.25) is 0 Å². The normalized spacial score (nSPS) is 11.7. The number of aromatic nitrogens is 4. The predicted octanol–water partition coefficient (Wildman–Crippen LogP) is 8.39. The first-order valence-electron chi connectivity index (χ1n) is 16.4. The molecule has 0 saturated heterocycles. The highest BCUT2D eigenvalue weighted by Gasteiger charge is 2.20. The molecule has 0 atom stereocenters. The molecule has 2 heterocycles. The van der Waals surface area contributed by atoms with Crippen LogP contribution in [0.25, 0.3) is 33.5 Å². The number of carboxylic acid groups (broad SMARTS) is 1. The Kier molecular flexibility index (Phi) is 10.3. The summed E-state index contributed by atoms with van der Waals surface area (Å²) in [5.74, 6) is 2.97. The molecule has 3 aromatic carbocycles. The number of hydrogen-bond donors (Lipinski definition) is 1. The van der Waals surface area contributed by atoms with E-state index in [9.17, 15) is 9.90 Å². The number of benzene rings is 3. The van der Waals surface area contributed by atoms with Gasteiger partial charge < -0.3 is 23.9 Å². The molecule has 0 aliphatic heterocycles. The maximum absolute atomic E-state index is 11.2. The third-order valence-corrected chi connectivity index (χ3v) is 8.45. The summed E-state index contributed by atoms with van der Waals surface area (Å²) in [5, 5.41) is 9.18. The van der Waals surface area contributed by atoms with E-state index in [4.69, 9.17) is 14.7 Å². The SMILES string of the molecule is CCCc1nc2c(C)cc(-c3nc(CC(C)C)c(C)n3CCCN(C)C)cc2n1Cc1ccc(-c2ccccc2OC(=O)O)cc1. The molecule has 0 fully saturated rings. The minimum absolute atomic E-state index is 0.323. The fourth-order valence-electron chi connectivity index (χ4n) is 6.22. The monoisotopic (exact) mass is 621 g/mol. The van der Waals surface area contributed by atoms with Crippen LogP contribution in [0.4, 0.5) is 4.79 Å². The van der Waals surface area contributed by atoms with Crippen LogP contribution in [-0.4, -0.2) is 55.9 Å². The minimum Gasteiger partial charge on any atom is -0.449 e. The van der Waals surface area contributed by atoms with Crippen molar-refractivity contribution in [1.82, 2.24) is 24.0 Å². The molecule has 5 rings (SSSR count). The highest BCUT2D eigenvalue weighted by atomic mass is 16.7. The van der Waals surface area contributed by atoms with Gasteiger partial charge in [-0.25, -0.2) is 14.8 Å². The number of rotatable bonds is 13. The number of hydrogen-bond acceptors (Lipinski definition) is 5. The van der Waals surface area contributed by atoms with E-state index in [2.05, 4.69) is 87.0 Å². The second-order valence-corrected chi connectivity index (χ2v) is 13.0. The molecule has 242 valence electrons. The third-order valence-electron chi connectivity index (χ3n) is 8.45. The summed E-state index contributed by atoms with van der Waals surface area (Å²) in [6.45, 7) is 13.7. The molecule has 2 aromatic heterocycles. The van der Waals surface area contributed by atoms with Crippen molar-refractivity contribution in [3.63, 3.8) is 0 Å². The molecular formula is C38H47N5O3. The van der Waals surface area contributed by atoms with Gasteiger partial charge >= 0.3 is 6.16 Å². The maximum Gasteiger partial charge on any atom is 0.511 e. The maximum atomic E-state index is 11.2. The molecular weight excluding hydrogens is 574 g/mol. The summed E-state index contributed by atoms with van der Waals surface area (Å²) in [6.07, 6.45) is 2.58. The van der Waals surface area contributed by atoms with Crippen molar-refractivity contribution in [2.24, 2.45) is 5.92 Å². The molecule has 0 bridgehead atoms. The standard InChI is InChI=1S/C38H47N5O3/c1-8-12-35-40-36-26(4)22-30(37-39-32(21-25(2)3)27(5)42(37)20-11-19-41(6)7)23-33(36)43(35)24-28-15-17-29(18-16-28)31-13-9-10-14-34(31)46-38(44)45/h9-10,13-18,22-23,25H,8,11-12,19-21,24H2,1-7H3,(H,44,45). The fourth-order valence-corrected chi connectivity index (χ4v) is 6.22. The average Bonchev–Trinajstić information content (AvgIpc) is 3.50. The highest BCUT2D eigenvalue weighted by molar-refractivity contribution is 5.85. The first-order valence-corrected chi connectivity index (χ1v) is 16.4. The van der Waals surface area contributed by atoms with Crippen LogP contribution in [0.5, 0.6) is 5.75 Å². The summed E-state index contributed by atoms with van der Waals surface area (Å²) in [6, 6.07) is 20.0. The number of carbonyl (C=O) groups is 1. The topological polar surface area (TPSA) is 85.4 Å². The van der Waals surface area contributed by atoms with Gasteiger partial charge in [-0.3, -0.25) is 0 Å². The van der Waals surface area contributed by atoms with Gasteiger partial charge in [0, 0.05) is 36.3 Å². The van der Waals surface area contributed by atoms with Gasteiger partial charge in [0.1, 0.15) is 17.4 Å². The van der Waals surface area contributed by atoms with Crippen LogP contribution in [0.15, 0.2) is 60.7 Å². The third kappa shape index (κ3) is 7.34. The summed E-state index contributed by atoms with van der Waals surface area (Å²) in [7, 11) is 4.25. The summed E-state index contributed by atoms with van der Waals surface area (Å²) in [5.41, 5.74) is 9.66. The highest BCUT2D eigenvalue weighted by Crippen LogP contribution is 2.33. The summed E-state index contributed by atoms with van der Waals surface area (Å²) < 4.78 is 9.80. The fraction of sp³-hybridized carbons (Fsp3) is 0.395. The molecule has 0 aliphatic carbocycles. The molecule has 8 heteroatoms. The second kappa shape index (κ2) is 14.3. The van der Waals surface area contributed by atoms with E-state index >= 15 is 0 Å². The van der Waals surface area contributed by atoms with Crippen LogP contribution >= 0.6 is 0 Å². The molecule has 0 unspecified atom stereocenters. The van der Waals surface area contributed by atoms with Crippen LogP contribution in [0, 0.1) is 19.8 Å². The van der Waals surface area contributed by atoms with E-state index < -0.39 is 6.16 Å². The Labute approximate surface area is 272 Å². The Hall–Kier alpha value is -4.43. The van der Waals surface area contributed by atoms with Gasteiger partial charge in [-0.2, -0.15) is 0 Å². The second-order valence-electron chi connectivity index (χ2n) is 13.0. The smallest absolute Gasteiger partial charge is 0.449 e. The van der Waals surface area contributed by atoms with Crippen LogP contribution in [0.3, 0.4) is 0 Å². The lowest BCUT2D eigenvalue weighted by Crippen LogP contribution is -2.16. The number of fused-ring (bicyclic) bond motifs is 1. The zero-order chi connectivity index (χ0) is 33.0. The zero-order valence-corrected chi connectivity index (χ0v) is 28.3. The van der Waals surface area contributed by atoms with Gasteiger partial charge in [0.25, 0.3) is 0 Å². The van der Waals surface area contributed by atoms with E-state index in [0.717, 1.165) is 89.3 Å². The largest absolute Gasteiger partial charge is 0.511 e. The first kappa shape index (κ1) is 32.9. The Balaban J connectivity index is 1.55. The van der Waals surface area contributed by atoms with E-state index in [1.807, 2.05) is 24.3 Å². The van der Waals surface area contributed by atoms with Crippen LogP contribution in [0.2, 0.25) is 0 Å². The molecule has 8 nitrogen and oxygen atoms in total. The summed E-state index contributed by atoms with van der Waals surface area (Å²) in [4.78, 5) is 23.9. The Morgan fingerprint density at radius 3 is 2.39 bits per heavy atom. The van der Waals surface area contributed by atoms with Crippen molar-refractivity contribution in [3.05, 3.63) is 89.0 Å². The number of nitrogens with zero attached hydrogens (tertiary/aromatic N) is 5. The van der Waals surface area contributed by atoms with E-state index in [1.165, 1.54) is 11.4 Å². The lowest BCUT2D eigenvalue weighted by atomic mass is 10.0. The van der Waals surface area contributed by atoms with Crippen molar-refractivity contribution < 1.29 is 14.6 Å². The van der Waals surface area contributed by atoms with Gasteiger partial charge in [0.05, 0.1) is 16.7 Å². The van der Waals surface area contributed by atoms with Crippen molar-refractivity contribution in [2.45, 2.75) is 73.4 Å². The molecule has 0 aliphatic rings. The van der Waals surface area contributed by atoms with E-state index in [0.29, 0.717) is 18.2 Å². The van der Waals surface area contributed by atoms with Crippen LogP contribution in [0.1, 0.15) is 62.0 Å². The molecule has 0 spiro atoms. The van der Waals surface area contributed by atoms with E-state index in [-0.39, 0.29) is 0 Å². The minimum atomic E-state index is -1.32. The molecule has 0 saturated carbocycles. The number of para-hydroxylation sites is 1. The van der Waals surface area contributed by atoms with Gasteiger partial charge in [-0.15, -0.1) is 0 Å². The first-order chi connectivity index (χ1) is 22.0. The van der Waals surface area contributed by atoms with Gasteiger partial charge in [0.15, 0.2) is 0 Å². The quantitative estimate of drug-likeness (QED) is 0.105. The molecule has 0 radical (unpaired) electrons. The lowest BCUT2D eigenvalue weighted by Gasteiger charge is -2.14. The predicted molar refractivity (Wildman–Crippen MR) is 186 cm³/mol. The van der Waals surface area contributed by atoms with Crippen LogP contribution < -0.4 is 4.74 Å². The number of ether oxygens (including phenoxy) is 1. The van der Waals surface area contributed by atoms with Gasteiger partial charge in [-0.05, 0) is 94.6 Å². The van der Waals surface area contributed by atoms with Gasteiger partial charge in [-0.1, -0.05) is 63.2 Å². The van der Waals surface area contributed by atoms with E-state index in [1.54, 1.807) is 12.1 Å². The summed E-state index contributed by atoms with van der Waals surface area (Å²) >= 11 is 0. The lowest BCUT2D eigenvalue weighted by molar-refractivity contribution is 0.144. The Morgan fingerprint density at radius 1 is 0.978 bits per heavy atom.